The van der Waals surface area contributed by atoms with Crippen LogP contribution in [0.3, 0.4) is 0 Å². The molecule has 1 saturated heterocycles. The van der Waals surface area contributed by atoms with Gasteiger partial charge in [0.1, 0.15) is 6.10 Å². The number of rotatable bonds is 2. The SMILES string of the molecule is C[C@H]1O[C@@H]1/C=C/c1ccccc1. The van der Waals surface area contributed by atoms with Crippen molar-refractivity contribution in [3.8, 4) is 0 Å². The standard InChI is InChI=1S/C11H12O/c1-9-11(12-9)8-7-10-5-3-2-4-6-10/h2-9,11H,1H3/b8-7+/t9-,11-/m1/s1. The highest BCUT2D eigenvalue weighted by molar-refractivity contribution is 5.49. The monoisotopic (exact) mass is 160 g/mol. The molecule has 1 aliphatic rings. The van der Waals surface area contributed by atoms with Crippen LogP contribution in [0.25, 0.3) is 6.08 Å². The molecule has 1 nitrogen and oxygen atoms in total. The zero-order chi connectivity index (χ0) is 8.39. The van der Waals surface area contributed by atoms with E-state index in [0.29, 0.717) is 12.2 Å². The molecule has 0 amide bonds. The fourth-order valence-corrected chi connectivity index (χ4v) is 1.17. The molecule has 0 spiro atoms. The van der Waals surface area contributed by atoms with E-state index in [1.54, 1.807) is 0 Å². The lowest BCUT2D eigenvalue weighted by molar-refractivity contribution is 0.400. The highest BCUT2D eigenvalue weighted by atomic mass is 16.6. The third-order valence-corrected chi connectivity index (χ3v) is 2.04. The Labute approximate surface area is 72.7 Å². The number of ether oxygens (including phenoxy) is 1. The van der Waals surface area contributed by atoms with Crippen molar-refractivity contribution in [2.24, 2.45) is 0 Å². The molecule has 1 aliphatic heterocycles. The number of hydrogen-bond acceptors (Lipinski definition) is 1. The van der Waals surface area contributed by atoms with Crippen molar-refractivity contribution in [3.05, 3.63) is 42.0 Å². The lowest BCUT2D eigenvalue weighted by Crippen LogP contribution is -1.80. The van der Waals surface area contributed by atoms with Crippen molar-refractivity contribution < 1.29 is 4.74 Å². The van der Waals surface area contributed by atoms with Gasteiger partial charge >= 0.3 is 0 Å². The van der Waals surface area contributed by atoms with E-state index in [2.05, 4.69) is 31.2 Å². The lowest BCUT2D eigenvalue weighted by Gasteiger charge is -1.88. The van der Waals surface area contributed by atoms with Crippen molar-refractivity contribution in [1.29, 1.82) is 0 Å². The van der Waals surface area contributed by atoms with Gasteiger partial charge in [-0.2, -0.15) is 0 Å². The van der Waals surface area contributed by atoms with Crippen LogP contribution in [-0.4, -0.2) is 12.2 Å². The summed E-state index contributed by atoms with van der Waals surface area (Å²) < 4.78 is 5.25. The average Bonchev–Trinajstić information content (AvgIpc) is 2.81. The number of benzene rings is 1. The van der Waals surface area contributed by atoms with E-state index in [-0.39, 0.29) is 0 Å². The minimum absolute atomic E-state index is 0.352. The Kier molecular flexibility index (Phi) is 1.96. The van der Waals surface area contributed by atoms with E-state index < -0.39 is 0 Å². The molecule has 0 bridgehead atoms. The second-order valence-electron chi connectivity index (χ2n) is 3.08. The molecule has 0 aliphatic carbocycles. The smallest absolute Gasteiger partial charge is 0.102 e. The Balaban J connectivity index is 1.99. The molecule has 1 heterocycles. The lowest BCUT2D eigenvalue weighted by atomic mass is 10.2. The fourth-order valence-electron chi connectivity index (χ4n) is 1.17. The van der Waals surface area contributed by atoms with Gasteiger partial charge in [0.2, 0.25) is 0 Å². The fraction of sp³-hybridized carbons (Fsp3) is 0.273. The maximum Gasteiger partial charge on any atom is 0.102 e. The predicted molar refractivity (Wildman–Crippen MR) is 49.8 cm³/mol. The van der Waals surface area contributed by atoms with Gasteiger partial charge in [0.25, 0.3) is 0 Å². The van der Waals surface area contributed by atoms with Crippen LogP contribution in [0, 0.1) is 0 Å². The first-order chi connectivity index (χ1) is 5.86. The van der Waals surface area contributed by atoms with Gasteiger partial charge in [-0.05, 0) is 12.5 Å². The van der Waals surface area contributed by atoms with E-state index in [1.165, 1.54) is 5.56 Å². The molecule has 0 aromatic heterocycles. The van der Waals surface area contributed by atoms with Crippen LogP contribution in [0.5, 0.6) is 0 Å². The first-order valence-electron chi connectivity index (χ1n) is 4.25. The summed E-state index contributed by atoms with van der Waals surface area (Å²) in [5.41, 5.74) is 1.24. The predicted octanol–water partition coefficient (Wildman–Crippen LogP) is 2.49. The Morgan fingerprint density at radius 1 is 1.25 bits per heavy atom. The van der Waals surface area contributed by atoms with Crippen molar-refractivity contribution in [3.63, 3.8) is 0 Å². The maximum absolute atomic E-state index is 5.25. The topological polar surface area (TPSA) is 12.5 Å². The summed E-state index contributed by atoms with van der Waals surface area (Å²) >= 11 is 0. The van der Waals surface area contributed by atoms with Gasteiger partial charge in [-0.1, -0.05) is 42.5 Å². The second-order valence-corrected chi connectivity index (χ2v) is 3.08. The van der Waals surface area contributed by atoms with Gasteiger partial charge in [-0.15, -0.1) is 0 Å². The molecule has 0 radical (unpaired) electrons. The summed E-state index contributed by atoms with van der Waals surface area (Å²) in [5.74, 6) is 0. The van der Waals surface area contributed by atoms with Crippen LogP contribution in [0.2, 0.25) is 0 Å². The molecule has 62 valence electrons. The molecule has 0 unspecified atom stereocenters. The summed E-state index contributed by atoms with van der Waals surface area (Å²) in [6.07, 6.45) is 4.99. The van der Waals surface area contributed by atoms with Crippen LogP contribution >= 0.6 is 0 Å². The number of epoxide rings is 1. The van der Waals surface area contributed by atoms with Crippen LogP contribution < -0.4 is 0 Å². The third-order valence-electron chi connectivity index (χ3n) is 2.04. The van der Waals surface area contributed by atoms with Gasteiger partial charge in [0, 0.05) is 0 Å². The molecule has 2 atom stereocenters. The molecule has 0 N–H and O–H groups in total. The van der Waals surface area contributed by atoms with Crippen molar-refractivity contribution in [2.75, 3.05) is 0 Å². The molecular weight excluding hydrogens is 148 g/mol. The van der Waals surface area contributed by atoms with E-state index in [1.807, 2.05) is 18.2 Å². The summed E-state index contributed by atoms with van der Waals surface area (Å²) in [6.45, 7) is 2.08. The number of hydrogen-bond donors (Lipinski definition) is 0. The van der Waals surface area contributed by atoms with Gasteiger partial charge < -0.3 is 4.74 Å². The summed E-state index contributed by atoms with van der Waals surface area (Å²) in [5, 5.41) is 0. The molecule has 2 rings (SSSR count). The molecule has 0 saturated carbocycles. The molecular formula is C11H12O. The van der Waals surface area contributed by atoms with E-state index >= 15 is 0 Å². The minimum atomic E-state index is 0.352. The molecule has 12 heavy (non-hydrogen) atoms. The summed E-state index contributed by atoms with van der Waals surface area (Å²) in [6, 6.07) is 10.3. The largest absolute Gasteiger partial charge is 0.365 e. The van der Waals surface area contributed by atoms with Crippen molar-refractivity contribution >= 4 is 6.08 Å². The van der Waals surface area contributed by atoms with Crippen LogP contribution in [-0.2, 0) is 4.74 Å². The normalized spacial score (nSPS) is 27.8. The zero-order valence-electron chi connectivity index (χ0n) is 7.10. The Morgan fingerprint density at radius 3 is 2.50 bits per heavy atom. The molecule has 1 fully saturated rings. The Hall–Kier alpha value is -1.08. The molecule has 1 heteroatoms. The Morgan fingerprint density at radius 2 is 1.92 bits per heavy atom. The van der Waals surface area contributed by atoms with Crippen LogP contribution in [0.15, 0.2) is 36.4 Å². The van der Waals surface area contributed by atoms with E-state index in [4.69, 9.17) is 4.74 Å². The van der Waals surface area contributed by atoms with Crippen molar-refractivity contribution in [1.82, 2.24) is 0 Å². The van der Waals surface area contributed by atoms with Gasteiger partial charge in [0.15, 0.2) is 0 Å². The highest BCUT2D eigenvalue weighted by Crippen LogP contribution is 2.22. The first-order valence-corrected chi connectivity index (χ1v) is 4.25. The van der Waals surface area contributed by atoms with Gasteiger partial charge in [-0.25, -0.2) is 0 Å². The molecule has 1 aromatic carbocycles. The summed E-state index contributed by atoms with van der Waals surface area (Å²) in [4.78, 5) is 0. The maximum atomic E-state index is 5.25. The van der Waals surface area contributed by atoms with Crippen LogP contribution in [0.4, 0.5) is 0 Å². The van der Waals surface area contributed by atoms with E-state index in [9.17, 15) is 0 Å². The Bertz CT molecular complexity index is 276. The second kappa shape index (κ2) is 3.11. The quantitative estimate of drug-likeness (QED) is 0.605. The third kappa shape index (κ3) is 1.74. The first kappa shape index (κ1) is 7.56. The minimum Gasteiger partial charge on any atom is -0.365 e. The average molecular weight is 160 g/mol. The molecule has 1 aromatic rings. The highest BCUT2D eigenvalue weighted by Gasteiger charge is 2.30. The summed E-state index contributed by atoms with van der Waals surface area (Å²) in [7, 11) is 0. The van der Waals surface area contributed by atoms with Crippen LogP contribution in [0.1, 0.15) is 12.5 Å². The van der Waals surface area contributed by atoms with Gasteiger partial charge in [-0.3, -0.25) is 0 Å². The van der Waals surface area contributed by atoms with Gasteiger partial charge in [0.05, 0.1) is 6.10 Å². The zero-order valence-corrected chi connectivity index (χ0v) is 7.10. The van der Waals surface area contributed by atoms with E-state index in [0.717, 1.165) is 0 Å². The van der Waals surface area contributed by atoms with Crippen molar-refractivity contribution in [2.45, 2.75) is 19.1 Å².